The first-order valence-electron chi connectivity index (χ1n) is 6.16. The number of benzene rings is 2. The number of aromatic amines is 2. The van der Waals surface area contributed by atoms with E-state index in [-0.39, 0.29) is 0 Å². The van der Waals surface area contributed by atoms with Crippen LogP contribution in [-0.4, -0.2) is 9.97 Å². The van der Waals surface area contributed by atoms with Crippen molar-refractivity contribution in [3.05, 3.63) is 59.6 Å². The van der Waals surface area contributed by atoms with Crippen LogP contribution in [0.25, 0.3) is 33.2 Å². The molecule has 0 aliphatic heterocycles. The van der Waals surface area contributed by atoms with Crippen molar-refractivity contribution in [3.8, 4) is 11.4 Å². The van der Waals surface area contributed by atoms with Gasteiger partial charge in [0.15, 0.2) is 0 Å². The van der Waals surface area contributed by atoms with Gasteiger partial charge in [0, 0.05) is 26.8 Å². The van der Waals surface area contributed by atoms with Crippen LogP contribution in [0.15, 0.2) is 54.6 Å². The van der Waals surface area contributed by atoms with Gasteiger partial charge >= 0.3 is 0 Å². The second-order valence-corrected chi connectivity index (χ2v) is 5.12. The summed E-state index contributed by atoms with van der Waals surface area (Å²) >= 11 is 6.02. The van der Waals surface area contributed by atoms with Crippen molar-refractivity contribution in [2.24, 2.45) is 0 Å². The molecule has 4 aromatic rings. The molecule has 0 saturated heterocycles. The van der Waals surface area contributed by atoms with Gasteiger partial charge in [-0.1, -0.05) is 29.8 Å². The van der Waals surface area contributed by atoms with E-state index in [2.05, 4.69) is 34.2 Å². The molecule has 2 nitrogen and oxygen atoms in total. The SMILES string of the molecule is Clc1ccc2[nH]c(-c3cc4ccccc4[nH]3)cc2c1. The zero-order valence-corrected chi connectivity index (χ0v) is 10.8. The molecule has 2 N–H and O–H groups in total. The summed E-state index contributed by atoms with van der Waals surface area (Å²) in [5.41, 5.74) is 4.41. The lowest BCUT2D eigenvalue weighted by Crippen LogP contribution is -1.75. The Morgan fingerprint density at radius 2 is 1.37 bits per heavy atom. The molecule has 0 aliphatic rings. The van der Waals surface area contributed by atoms with Crippen molar-refractivity contribution in [3.63, 3.8) is 0 Å². The molecule has 92 valence electrons. The molecule has 2 heterocycles. The minimum absolute atomic E-state index is 0.759. The van der Waals surface area contributed by atoms with Crippen LogP contribution in [0, 0.1) is 0 Å². The highest BCUT2D eigenvalue weighted by Gasteiger charge is 2.06. The molecule has 2 aromatic heterocycles. The summed E-state index contributed by atoms with van der Waals surface area (Å²) in [6, 6.07) is 18.4. The summed E-state index contributed by atoms with van der Waals surface area (Å²) in [4.78, 5) is 6.83. The number of rotatable bonds is 1. The van der Waals surface area contributed by atoms with Gasteiger partial charge in [-0.2, -0.15) is 0 Å². The Balaban J connectivity index is 1.93. The van der Waals surface area contributed by atoms with E-state index in [0.29, 0.717) is 0 Å². The number of H-pyrrole nitrogens is 2. The van der Waals surface area contributed by atoms with Crippen LogP contribution in [0.5, 0.6) is 0 Å². The smallest absolute Gasteiger partial charge is 0.0630 e. The summed E-state index contributed by atoms with van der Waals surface area (Å²) in [7, 11) is 0. The predicted molar refractivity (Wildman–Crippen MR) is 80.6 cm³/mol. The maximum atomic E-state index is 6.02. The van der Waals surface area contributed by atoms with Gasteiger partial charge < -0.3 is 9.97 Å². The number of fused-ring (bicyclic) bond motifs is 2. The van der Waals surface area contributed by atoms with Crippen molar-refractivity contribution in [2.45, 2.75) is 0 Å². The van der Waals surface area contributed by atoms with Gasteiger partial charge in [-0.05, 0) is 36.4 Å². The van der Waals surface area contributed by atoms with E-state index in [4.69, 9.17) is 11.6 Å². The Morgan fingerprint density at radius 1 is 0.684 bits per heavy atom. The fraction of sp³-hybridized carbons (Fsp3) is 0. The maximum absolute atomic E-state index is 6.02. The molecule has 0 amide bonds. The molecule has 0 bridgehead atoms. The molecule has 4 rings (SSSR count). The van der Waals surface area contributed by atoms with Gasteiger partial charge in [0.2, 0.25) is 0 Å². The Kier molecular flexibility index (Phi) is 2.20. The van der Waals surface area contributed by atoms with Crippen molar-refractivity contribution in [2.75, 3.05) is 0 Å². The topological polar surface area (TPSA) is 31.6 Å². The third-order valence-corrected chi connectivity index (χ3v) is 3.64. The van der Waals surface area contributed by atoms with Gasteiger partial charge in [-0.3, -0.25) is 0 Å². The third-order valence-electron chi connectivity index (χ3n) is 3.40. The minimum Gasteiger partial charge on any atom is -0.353 e. The first kappa shape index (κ1) is 10.7. The fourth-order valence-corrected chi connectivity index (χ4v) is 2.65. The summed E-state index contributed by atoms with van der Waals surface area (Å²) < 4.78 is 0. The maximum Gasteiger partial charge on any atom is 0.0630 e. The normalized spacial score (nSPS) is 11.4. The monoisotopic (exact) mass is 266 g/mol. The van der Waals surface area contributed by atoms with E-state index in [1.807, 2.05) is 30.3 Å². The molecule has 0 aliphatic carbocycles. The molecule has 2 aromatic carbocycles. The molecule has 0 spiro atoms. The van der Waals surface area contributed by atoms with Crippen molar-refractivity contribution in [1.82, 2.24) is 9.97 Å². The first-order chi connectivity index (χ1) is 9.29. The average Bonchev–Trinajstić information content (AvgIpc) is 3.00. The van der Waals surface area contributed by atoms with Crippen LogP contribution in [0.4, 0.5) is 0 Å². The summed E-state index contributed by atoms with van der Waals surface area (Å²) in [5, 5.41) is 3.10. The van der Waals surface area contributed by atoms with Crippen LogP contribution in [0.3, 0.4) is 0 Å². The first-order valence-corrected chi connectivity index (χ1v) is 6.54. The van der Waals surface area contributed by atoms with E-state index in [0.717, 1.165) is 32.8 Å². The Labute approximate surface area is 115 Å². The number of hydrogen-bond donors (Lipinski definition) is 2. The molecule has 0 unspecified atom stereocenters. The van der Waals surface area contributed by atoms with Gasteiger partial charge in [0.05, 0.1) is 11.4 Å². The number of nitrogens with one attached hydrogen (secondary N) is 2. The van der Waals surface area contributed by atoms with Crippen molar-refractivity contribution < 1.29 is 0 Å². The van der Waals surface area contributed by atoms with Crippen LogP contribution < -0.4 is 0 Å². The van der Waals surface area contributed by atoms with E-state index in [9.17, 15) is 0 Å². The van der Waals surface area contributed by atoms with E-state index in [1.165, 1.54) is 5.39 Å². The molecular formula is C16H11ClN2. The lowest BCUT2D eigenvalue weighted by Gasteiger charge is -1.90. The summed E-state index contributed by atoms with van der Waals surface area (Å²) in [5.74, 6) is 0. The Morgan fingerprint density at radius 3 is 2.16 bits per heavy atom. The zero-order valence-electron chi connectivity index (χ0n) is 10.1. The van der Waals surface area contributed by atoms with Gasteiger partial charge in [-0.25, -0.2) is 0 Å². The van der Waals surface area contributed by atoms with Crippen molar-refractivity contribution in [1.29, 1.82) is 0 Å². The standard InChI is InChI=1S/C16H11ClN2/c17-12-5-6-14-11(7-12)9-16(19-14)15-8-10-3-1-2-4-13(10)18-15/h1-9,18-19H. The second-order valence-electron chi connectivity index (χ2n) is 4.68. The molecule has 19 heavy (non-hydrogen) atoms. The highest BCUT2D eigenvalue weighted by molar-refractivity contribution is 6.31. The molecule has 0 saturated carbocycles. The van der Waals surface area contributed by atoms with Gasteiger partial charge in [-0.15, -0.1) is 0 Å². The highest BCUT2D eigenvalue weighted by atomic mass is 35.5. The molecule has 0 atom stereocenters. The average molecular weight is 267 g/mol. The van der Waals surface area contributed by atoms with Gasteiger partial charge in [0.25, 0.3) is 0 Å². The quantitative estimate of drug-likeness (QED) is 0.487. The fourth-order valence-electron chi connectivity index (χ4n) is 2.47. The van der Waals surface area contributed by atoms with Crippen LogP contribution >= 0.6 is 11.6 Å². The van der Waals surface area contributed by atoms with Crippen LogP contribution in [0.1, 0.15) is 0 Å². The highest BCUT2D eigenvalue weighted by Crippen LogP contribution is 2.28. The largest absolute Gasteiger partial charge is 0.353 e. The number of para-hydroxylation sites is 1. The summed E-state index contributed by atoms with van der Waals surface area (Å²) in [6.07, 6.45) is 0. The van der Waals surface area contributed by atoms with Crippen LogP contribution in [-0.2, 0) is 0 Å². The van der Waals surface area contributed by atoms with Crippen LogP contribution in [0.2, 0.25) is 5.02 Å². The lowest BCUT2D eigenvalue weighted by molar-refractivity contribution is 1.38. The minimum atomic E-state index is 0.759. The number of hydrogen-bond acceptors (Lipinski definition) is 0. The molecule has 3 heteroatoms. The zero-order chi connectivity index (χ0) is 12.8. The summed E-state index contributed by atoms with van der Waals surface area (Å²) in [6.45, 7) is 0. The molecule has 0 radical (unpaired) electrons. The predicted octanol–water partition coefficient (Wildman–Crippen LogP) is 4.97. The van der Waals surface area contributed by atoms with Crippen molar-refractivity contribution >= 4 is 33.4 Å². The van der Waals surface area contributed by atoms with E-state index >= 15 is 0 Å². The Bertz CT molecular complexity index is 853. The third kappa shape index (κ3) is 1.72. The Hall–Kier alpha value is -2.19. The lowest BCUT2D eigenvalue weighted by atomic mass is 10.2. The van der Waals surface area contributed by atoms with E-state index in [1.54, 1.807) is 0 Å². The second kappa shape index (κ2) is 3.90. The molecule has 0 fully saturated rings. The number of halogens is 1. The number of aromatic nitrogens is 2. The van der Waals surface area contributed by atoms with Gasteiger partial charge in [0.1, 0.15) is 0 Å². The molecular weight excluding hydrogens is 256 g/mol. The van der Waals surface area contributed by atoms with E-state index < -0.39 is 0 Å².